The minimum atomic E-state index is -1.16. The van der Waals surface area contributed by atoms with E-state index in [1.165, 1.54) is 0 Å². The van der Waals surface area contributed by atoms with Gasteiger partial charge in [-0.3, -0.25) is 0 Å². The Morgan fingerprint density at radius 1 is 0.905 bits per heavy atom. The summed E-state index contributed by atoms with van der Waals surface area (Å²) in [7, 11) is 0. The zero-order valence-corrected chi connectivity index (χ0v) is 12.6. The fourth-order valence-electron chi connectivity index (χ4n) is 2.10. The van der Waals surface area contributed by atoms with Crippen LogP contribution in [0, 0.1) is 0 Å². The van der Waals surface area contributed by atoms with E-state index >= 15 is 0 Å². The van der Waals surface area contributed by atoms with E-state index in [4.69, 9.17) is 58.9 Å². The van der Waals surface area contributed by atoms with Gasteiger partial charge in [-0.25, -0.2) is 14.4 Å². The highest BCUT2D eigenvalue weighted by molar-refractivity contribution is 6.61. The molecule has 0 aliphatic heterocycles. The van der Waals surface area contributed by atoms with E-state index < -0.39 is 47.5 Å². The highest BCUT2D eigenvalue weighted by Gasteiger charge is 2.44. The van der Waals surface area contributed by atoms with Gasteiger partial charge in [-0.2, -0.15) is 0 Å². The van der Waals surface area contributed by atoms with Gasteiger partial charge in [0, 0.05) is 47.6 Å². The molecule has 1 aliphatic rings. The van der Waals surface area contributed by atoms with Gasteiger partial charge in [0.05, 0.1) is 0 Å². The van der Waals surface area contributed by atoms with Gasteiger partial charge < -0.3 is 24.1 Å². The van der Waals surface area contributed by atoms with Crippen LogP contribution in [0.5, 0.6) is 0 Å². The largest absolute Gasteiger partial charge is 0.450 e. The maximum Gasteiger partial charge on any atom is 0.404 e. The Morgan fingerprint density at radius 3 is 1.90 bits per heavy atom. The Balaban J connectivity index is 2.90. The molecule has 0 heterocycles. The van der Waals surface area contributed by atoms with Gasteiger partial charge in [-0.1, -0.05) is 0 Å². The number of carbonyl (C=O) groups excluding carboxylic acids is 3. The van der Waals surface area contributed by atoms with Crippen molar-refractivity contribution in [2.24, 2.45) is 0 Å². The summed E-state index contributed by atoms with van der Waals surface area (Å²) in [5, 5.41) is 8.84. The van der Waals surface area contributed by atoms with Crippen molar-refractivity contribution in [3.8, 4) is 0 Å². The molecule has 0 aromatic heterocycles. The summed E-state index contributed by atoms with van der Waals surface area (Å²) < 4.78 is 19.4. The molecule has 11 heteroatoms. The van der Waals surface area contributed by atoms with E-state index in [9.17, 15) is 14.4 Å². The van der Waals surface area contributed by atoms with Gasteiger partial charge in [0.25, 0.3) is 0 Å². The van der Waals surface area contributed by atoms with Crippen LogP contribution < -0.4 is 0 Å². The van der Waals surface area contributed by atoms with E-state index in [1.807, 2.05) is 0 Å². The third kappa shape index (κ3) is 6.23. The predicted molar refractivity (Wildman–Crippen MR) is 69.6 cm³/mol. The fraction of sp³-hybridized carbons (Fsp3) is 0.700. The number of hydrogen-bond donors (Lipinski definition) is 1. The molecule has 1 N–H and O–H groups in total. The summed E-state index contributed by atoms with van der Waals surface area (Å²) in [4.78, 5) is 32.6. The van der Waals surface area contributed by atoms with Crippen molar-refractivity contribution in [2.45, 2.75) is 37.3 Å². The maximum absolute atomic E-state index is 10.9. The molecule has 120 valence electrons. The Hall–Kier alpha value is -0.800. The van der Waals surface area contributed by atoms with Crippen LogP contribution in [0.1, 0.15) is 12.8 Å². The second kappa shape index (κ2) is 8.60. The molecule has 21 heavy (non-hydrogen) atoms. The highest BCUT2D eigenvalue weighted by atomic mass is 35.5. The number of carbonyl (C=O) groups is 3. The van der Waals surface area contributed by atoms with E-state index in [-0.39, 0.29) is 12.8 Å². The molecule has 1 fully saturated rings. The molecule has 0 aromatic rings. The average molecular weight is 366 g/mol. The average Bonchev–Trinajstić information content (AvgIpc) is 2.31. The van der Waals surface area contributed by atoms with Crippen molar-refractivity contribution in [2.75, 3.05) is 6.79 Å². The van der Waals surface area contributed by atoms with Gasteiger partial charge in [0.1, 0.15) is 25.1 Å². The monoisotopic (exact) mass is 364 g/mol. The van der Waals surface area contributed by atoms with Crippen LogP contribution in [0.4, 0.5) is 14.4 Å². The van der Waals surface area contributed by atoms with E-state index in [0.717, 1.165) is 0 Å². The molecular formula is C10H11Cl3O8. The standard InChI is InChI=1S/C10H11Cl3O8/c11-8(15)19-4-1-5(18-3-14)7(21-10(13)17)6(2-4)20-9(12)16/h4-7,14H,1-3H2. The molecule has 1 rings (SSSR count). The molecule has 4 unspecified atom stereocenters. The predicted octanol–water partition coefficient (Wildman–Crippen LogP) is 2.35. The van der Waals surface area contributed by atoms with Crippen LogP contribution in [0.15, 0.2) is 0 Å². The molecule has 0 radical (unpaired) electrons. The van der Waals surface area contributed by atoms with Crippen molar-refractivity contribution in [1.29, 1.82) is 0 Å². The molecule has 8 nitrogen and oxygen atoms in total. The molecule has 0 spiro atoms. The maximum atomic E-state index is 10.9. The number of aliphatic hydroxyl groups is 1. The lowest BCUT2D eigenvalue weighted by Gasteiger charge is -2.38. The first-order valence-electron chi connectivity index (χ1n) is 5.64. The zero-order chi connectivity index (χ0) is 16.0. The molecule has 1 aliphatic carbocycles. The molecule has 0 saturated heterocycles. The lowest BCUT2D eigenvalue weighted by Crippen LogP contribution is -2.51. The lowest BCUT2D eigenvalue weighted by atomic mass is 9.89. The summed E-state index contributed by atoms with van der Waals surface area (Å²) in [5.41, 5.74) is -3.38. The minimum absolute atomic E-state index is 0.0307. The molecule has 1 saturated carbocycles. The van der Waals surface area contributed by atoms with E-state index in [1.54, 1.807) is 0 Å². The second-order valence-electron chi connectivity index (χ2n) is 4.00. The van der Waals surface area contributed by atoms with Gasteiger partial charge >= 0.3 is 16.3 Å². The summed E-state index contributed by atoms with van der Waals surface area (Å²) in [6, 6.07) is 0. The zero-order valence-electron chi connectivity index (χ0n) is 10.4. The van der Waals surface area contributed by atoms with Crippen LogP contribution in [-0.4, -0.2) is 52.6 Å². The molecule has 4 atom stereocenters. The first-order valence-corrected chi connectivity index (χ1v) is 6.77. The minimum Gasteiger partial charge on any atom is -0.450 e. The first kappa shape index (κ1) is 18.2. The summed E-state index contributed by atoms with van der Waals surface area (Å²) >= 11 is 15.4. The molecule has 0 bridgehead atoms. The van der Waals surface area contributed by atoms with Crippen molar-refractivity contribution >= 4 is 51.1 Å². The SMILES string of the molecule is O=C(Cl)OC1CC(OCO)C(OC(=O)Cl)C(OC(=O)Cl)C1. The first-order chi connectivity index (χ1) is 9.83. The Kier molecular flexibility index (Phi) is 7.47. The Labute approximate surface area is 134 Å². The summed E-state index contributed by atoms with van der Waals surface area (Å²) in [5.74, 6) is 0. The molecular weight excluding hydrogens is 354 g/mol. The normalized spacial score (nSPS) is 28.6. The number of hydrogen-bond acceptors (Lipinski definition) is 8. The quantitative estimate of drug-likeness (QED) is 0.449. The van der Waals surface area contributed by atoms with Crippen LogP contribution in [-0.2, 0) is 18.9 Å². The van der Waals surface area contributed by atoms with Gasteiger partial charge in [0.15, 0.2) is 6.10 Å². The Morgan fingerprint density at radius 2 is 1.43 bits per heavy atom. The van der Waals surface area contributed by atoms with E-state index in [0.29, 0.717) is 0 Å². The highest BCUT2D eigenvalue weighted by Crippen LogP contribution is 2.30. The van der Waals surface area contributed by atoms with Crippen molar-refractivity contribution in [3.05, 3.63) is 0 Å². The van der Waals surface area contributed by atoms with Crippen LogP contribution in [0.25, 0.3) is 0 Å². The topological polar surface area (TPSA) is 108 Å². The van der Waals surface area contributed by atoms with Gasteiger partial charge in [0.2, 0.25) is 0 Å². The number of aliphatic hydroxyl groups excluding tert-OH is 1. The third-order valence-corrected chi connectivity index (χ3v) is 3.01. The molecule has 0 aromatic carbocycles. The van der Waals surface area contributed by atoms with Crippen molar-refractivity contribution < 1.29 is 38.4 Å². The molecule has 0 amide bonds. The van der Waals surface area contributed by atoms with Crippen LogP contribution >= 0.6 is 34.8 Å². The van der Waals surface area contributed by atoms with Crippen LogP contribution in [0.2, 0.25) is 0 Å². The summed E-state index contributed by atoms with van der Waals surface area (Å²) in [6.07, 6.45) is -3.90. The van der Waals surface area contributed by atoms with E-state index in [2.05, 4.69) is 0 Å². The number of ether oxygens (including phenoxy) is 4. The fourth-order valence-corrected chi connectivity index (χ4v) is 2.44. The number of rotatable bonds is 5. The van der Waals surface area contributed by atoms with Crippen LogP contribution in [0.3, 0.4) is 0 Å². The van der Waals surface area contributed by atoms with Gasteiger partial charge in [-0.15, -0.1) is 0 Å². The lowest BCUT2D eigenvalue weighted by molar-refractivity contribution is -0.161. The third-order valence-electron chi connectivity index (χ3n) is 2.74. The second-order valence-corrected chi connectivity index (χ2v) is 4.92. The van der Waals surface area contributed by atoms with Crippen molar-refractivity contribution in [1.82, 2.24) is 0 Å². The van der Waals surface area contributed by atoms with Crippen molar-refractivity contribution in [3.63, 3.8) is 0 Å². The van der Waals surface area contributed by atoms with Gasteiger partial charge in [-0.05, 0) is 0 Å². The summed E-state index contributed by atoms with van der Waals surface area (Å²) in [6.45, 7) is -0.704. The number of halogens is 3. The Bertz CT molecular complexity index is 404. The smallest absolute Gasteiger partial charge is 0.404 e.